The number of nitrogens with one attached hydrogen (secondary N) is 1. The van der Waals surface area contributed by atoms with E-state index in [1.165, 1.54) is 12.1 Å². The molecule has 4 rings (SSSR count). The molecule has 176 valence electrons. The maximum Gasteiger partial charge on any atom is 0.256 e. The van der Waals surface area contributed by atoms with Gasteiger partial charge in [-0.05, 0) is 42.2 Å². The van der Waals surface area contributed by atoms with Crippen molar-refractivity contribution in [3.05, 3.63) is 101 Å². The number of nitrogens with zero attached hydrogens (tertiary/aromatic N) is 1. The van der Waals surface area contributed by atoms with E-state index in [2.05, 4.69) is 5.32 Å². The van der Waals surface area contributed by atoms with Crippen LogP contribution in [-0.4, -0.2) is 43.5 Å². The molecule has 2 amide bonds. The van der Waals surface area contributed by atoms with Crippen molar-refractivity contribution in [2.45, 2.75) is 18.8 Å². The third-order valence-electron chi connectivity index (χ3n) is 6.37. The normalized spacial score (nSPS) is 17.8. The number of hydrogen-bond acceptors (Lipinski definition) is 3. The zero-order valence-corrected chi connectivity index (χ0v) is 19.2. The summed E-state index contributed by atoms with van der Waals surface area (Å²) in [7, 11) is 1.63. The summed E-state index contributed by atoms with van der Waals surface area (Å²) in [6.45, 7) is 1.17. The van der Waals surface area contributed by atoms with Gasteiger partial charge in [0.2, 0.25) is 5.91 Å². The van der Waals surface area contributed by atoms with E-state index >= 15 is 0 Å². The van der Waals surface area contributed by atoms with E-state index in [-0.39, 0.29) is 35.8 Å². The quantitative estimate of drug-likeness (QED) is 0.567. The van der Waals surface area contributed by atoms with E-state index in [0.717, 1.165) is 16.9 Å². The molecule has 34 heavy (non-hydrogen) atoms. The molecule has 1 N–H and O–H groups in total. The molecule has 1 aliphatic rings. The fraction of sp³-hybridized carbons (Fsp3) is 0.286. The highest BCUT2D eigenvalue weighted by Gasteiger charge is 2.35. The second kappa shape index (κ2) is 11.0. The number of ether oxygens (including phenoxy) is 1. The predicted octanol–water partition coefficient (Wildman–Crippen LogP) is 4.44. The Morgan fingerprint density at radius 3 is 2.44 bits per heavy atom. The number of piperidine rings is 1. The van der Waals surface area contributed by atoms with Crippen LogP contribution in [0.3, 0.4) is 0 Å². The maximum atomic E-state index is 14.3. The van der Waals surface area contributed by atoms with Crippen molar-refractivity contribution in [3.63, 3.8) is 0 Å². The minimum atomic E-state index is -0.549. The number of halogens is 1. The average Bonchev–Trinajstić information content (AvgIpc) is 2.89. The van der Waals surface area contributed by atoms with Crippen LogP contribution in [0.4, 0.5) is 4.39 Å². The Labute approximate surface area is 199 Å². The van der Waals surface area contributed by atoms with Crippen molar-refractivity contribution in [2.75, 3.05) is 26.7 Å². The van der Waals surface area contributed by atoms with E-state index in [1.807, 2.05) is 54.6 Å². The average molecular weight is 461 g/mol. The summed E-state index contributed by atoms with van der Waals surface area (Å²) < 4.78 is 19.7. The van der Waals surface area contributed by atoms with Gasteiger partial charge in [-0.15, -0.1) is 0 Å². The summed E-state index contributed by atoms with van der Waals surface area (Å²) in [5.41, 5.74) is 2.12. The van der Waals surface area contributed by atoms with Crippen LogP contribution >= 0.6 is 0 Å². The third-order valence-corrected chi connectivity index (χ3v) is 6.37. The Balaban J connectivity index is 1.48. The van der Waals surface area contributed by atoms with Crippen molar-refractivity contribution < 1.29 is 18.7 Å². The highest BCUT2D eigenvalue weighted by atomic mass is 19.1. The van der Waals surface area contributed by atoms with Gasteiger partial charge in [-0.2, -0.15) is 0 Å². The number of methoxy groups -OCH3 is 1. The molecule has 0 radical (unpaired) electrons. The van der Waals surface area contributed by atoms with Crippen molar-refractivity contribution in [1.29, 1.82) is 0 Å². The molecule has 1 aliphatic heterocycles. The molecule has 0 bridgehead atoms. The number of benzene rings is 3. The number of rotatable bonds is 7. The van der Waals surface area contributed by atoms with Gasteiger partial charge in [0.25, 0.3) is 5.91 Å². The molecule has 3 aromatic rings. The van der Waals surface area contributed by atoms with Crippen LogP contribution in [0.15, 0.2) is 78.9 Å². The lowest BCUT2D eigenvalue weighted by Gasteiger charge is -2.37. The number of hydrogen-bond donors (Lipinski definition) is 1. The van der Waals surface area contributed by atoms with E-state index in [4.69, 9.17) is 4.74 Å². The highest BCUT2D eigenvalue weighted by molar-refractivity contribution is 5.95. The lowest BCUT2D eigenvalue weighted by atomic mass is 9.83. The molecule has 0 spiro atoms. The van der Waals surface area contributed by atoms with Crippen molar-refractivity contribution in [3.8, 4) is 5.75 Å². The van der Waals surface area contributed by atoms with Gasteiger partial charge < -0.3 is 15.0 Å². The van der Waals surface area contributed by atoms with Gasteiger partial charge in [-0.25, -0.2) is 4.39 Å². The first-order valence-electron chi connectivity index (χ1n) is 11.5. The summed E-state index contributed by atoms with van der Waals surface area (Å²) in [6.07, 6.45) is 1.27. The zero-order chi connectivity index (χ0) is 23.9. The molecule has 1 saturated heterocycles. The van der Waals surface area contributed by atoms with Gasteiger partial charge in [-0.1, -0.05) is 60.7 Å². The van der Waals surface area contributed by atoms with Gasteiger partial charge in [0.05, 0.1) is 18.6 Å². The van der Waals surface area contributed by atoms with E-state index < -0.39 is 5.82 Å². The number of para-hydroxylation sites is 1. The Bertz CT molecular complexity index is 1140. The Morgan fingerprint density at radius 1 is 0.971 bits per heavy atom. The van der Waals surface area contributed by atoms with Crippen LogP contribution in [-0.2, 0) is 11.2 Å². The zero-order valence-electron chi connectivity index (χ0n) is 19.2. The van der Waals surface area contributed by atoms with Crippen LogP contribution in [0, 0.1) is 11.7 Å². The second-order valence-corrected chi connectivity index (χ2v) is 8.58. The molecule has 0 unspecified atom stereocenters. The van der Waals surface area contributed by atoms with Crippen LogP contribution in [0.5, 0.6) is 5.75 Å². The molecule has 0 aromatic heterocycles. The van der Waals surface area contributed by atoms with E-state index in [9.17, 15) is 14.0 Å². The molecule has 2 atom stereocenters. The number of carbonyl (C=O) groups excluding carboxylic acids is 2. The van der Waals surface area contributed by atoms with Crippen LogP contribution < -0.4 is 10.1 Å². The second-order valence-electron chi connectivity index (χ2n) is 8.58. The third kappa shape index (κ3) is 5.45. The van der Waals surface area contributed by atoms with Crippen molar-refractivity contribution in [1.82, 2.24) is 10.2 Å². The lowest BCUT2D eigenvalue weighted by molar-refractivity contribution is -0.126. The topological polar surface area (TPSA) is 58.6 Å². The Hall–Kier alpha value is -3.67. The molecule has 1 fully saturated rings. The van der Waals surface area contributed by atoms with Gasteiger partial charge >= 0.3 is 0 Å². The first-order chi connectivity index (χ1) is 16.6. The maximum absolute atomic E-state index is 14.3. The molecule has 0 aliphatic carbocycles. The fourth-order valence-electron chi connectivity index (χ4n) is 4.60. The van der Waals surface area contributed by atoms with E-state index in [1.54, 1.807) is 24.1 Å². The number of amides is 2. The first-order valence-corrected chi connectivity index (χ1v) is 11.5. The van der Waals surface area contributed by atoms with Crippen molar-refractivity contribution >= 4 is 11.8 Å². The number of likely N-dealkylation sites (tertiary alicyclic amines) is 1. The summed E-state index contributed by atoms with van der Waals surface area (Å²) in [4.78, 5) is 27.9. The largest absolute Gasteiger partial charge is 0.496 e. The van der Waals surface area contributed by atoms with Gasteiger partial charge in [0.1, 0.15) is 11.6 Å². The van der Waals surface area contributed by atoms with Crippen LogP contribution in [0.1, 0.15) is 33.8 Å². The molecule has 5 nitrogen and oxygen atoms in total. The van der Waals surface area contributed by atoms with E-state index in [0.29, 0.717) is 25.9 Å². The first kappa shape index (κ1) is 23.5. The summed E-state index contributed by atoms with van der Waals surface area (Å²) in [5.74, 6) is -0.622. The summed E-state index contributed by atoms with van der Waals surface area (Å²) in [6, 6.07) is 23.6. The molecule has 0 saturated carbocycles. The number of carbonyl (C=O) groups is 2. The standard InChI is InChI=1S/C28H29FN2O3/c1-34-26-14-8-5-11-21(26)15-16-30-27(32)23-17-22(20-9-3-2-4-10-20)18-31(19-23)28(33)24-12-6-7-13-25(24)29/h2-14,22-23H,15-19H2,1H3,(H,30,32)/t22-,23+/m1/s1. The molecule has 6 heteroatoms. The highest BCUT2D eigenvalue weighted by Crippen LogP contribution is 2.31. The van der Waals surface area contributed by atoms with Gasteiger partial charge in [0, 0.05) is 25.6 Å². The van der Waals surface area contributed by atoms with Crippen molar-refractivity contribution in [2.24, 2.45) is 5.92 Å². The molecule has 3 aromatic carbocycles. The van der Waals surface area contributed by atoms with Crippen LogP contribution in [0.2, 0.25) is 0 Å². The van der Waals surface area contributed by atoms with Crippen LogP contribution in [0.25, 0.3) is 0 Å². The van der Waals surface area contributed by atoms with Gasteiger partial charge in [-0.3, -0.25) is 9.59 Å². The predicted molar refractivity (Wildman–Crippen MR) is 129 cm³/mol. The summed E-state index contributed by atoms with van der Waals surface area (Å²) in [5, 5.41) is 3.03. The lowest BCUT2D eigenvalue weighted by Crippen LogP contribution is -2.48. The summed E-state index contributed by atoms with van der Waals surface area (Å²) >= 11 is 0. The minimum Gasteiger partial charge on any atom is -0.496 e. The Kier molecular flexibility index (Phi) is 7.58. The van der Waals surface area contributed by atoms with Gasteiger partial charge in [0.15, 0.2) is 0 Å². The SMILES string of the molecule is COc1ccccc1CCNC(=O)[C@H]1C[C@@H](c2ccccc2)CN(C(=O)c2ccccc2F)C1. The molecular formula is C28H29FN2O3. The fourth-order valence-corrected chi connectivity index (χ4v) is 4.60. The Morgan fingerprint density at radius 2 is 1.68 bits per heavy atom. The molecular weight excluding hydrogens is 431 g/mol. The minimum absolute atomic E-state index is 0.00404. The monoisotopic (exact) mass is 460 g/mol. The molecule has 1 heterocycles. The smallest absolute Gasteiger partial charge is 0.256 e.